The first-order chi connectivity index (χ1) is 7.27. The van der Waals surface area contributed by atoms with E-state index in [2.05, 4.69) is 15.7 Å². The summed E-state index contributed by atoms with van der Waals surface area (Å²) in [5, 5.41) is 10.2. The highest BCUT2D eigenvalue weighted by atomic mass is 35.5. The Morgan fingerprint density at radius 1 is 1.69 bits per heavy atom. The monoisotopic (exact) mass is 244 g/mol. The maximum absolute atomic E-state index is 11.8. The number of hydrogen-bond donors (Lipinski definition) is 2. The van der Waals surface area contributed by atoms with Crippen LogP contribution in [0.2, 0.25) is 0 Å². The summed E-state index contributed by atoms with van der Waals surface area (Å²) in [6.45, 7) is 1.92. The van der Waals surface area contributed by atoms with E-state index in [1.807, 2.05) is 0 Å². The Hall–Kier alpha value is -1.07. The zero-order chi connectivity index (χ0) is 10.7. The summed E-state index contributed by atoms with van der Waals surface area (Å²) in [7, 11) is 1.77. The van der Waals surface area contributed by atoms with Gasteiger partial charge in [-0.2, -0.15) is 5.10 Å². The summed E-state index contributed by atoms with van der Waals surface area (Å²) in [4.78, 5) is 11.8. The first kappa shape index (κ1) is 13.0. The van der Waals surface area contributed by atoms with Gasteiger partial charge in [-0.3, -0.25) is 9.48 Å². The molecule has 2 heterocycles. The Kier molecular flexibility index (Phi) is 4.76. The molecule has 0 unspecified atom stereocenters. The first-order valence-electron chi connectivity index (χ1n) is 5.27. The van der Waals surface area contributed by atoms with Gasteiger partial charge in [0.2, 0.25) is 0 Å². The van der Waals surface area contributed by atoms with E-state index in [0.29, 0.717) is 5.69 Å². The van der Waals surface area contributed by atoms with E-state index in [9.17, 15) is 4.79 Å². The molecule has 1 fully saturated rings. The number of hydrogen-bond acceptors (Lipinski definition) is 3. The molecule has 2 N–H and O–H groups in total. The van der Waals surface area contributed by atoms with Crippen LogP contribution >= 0.6 is 12.4 Å². The number of aryl methyl sites for hydroxylation is 1. The summed E-state index contributed by atoms with van der Waals surface area (Å²) < 4.78 is 1.59. The molecule has 0 bridgehead atoms. The van der Waals surface area contributed by atoms with E-state index < -0.39 is 0 Å². The number of carbonyl (C=O) groups is 1. The smallest absolute Gasteiger partial charge is 0.269 e. The van der Waals surface area contributed by atoms with Gasteiger partial charge < -0.3 is 10.6 Å². The quantitative estimate of drug-likeness (QED) is 0.788. The van der Waals surface area contributed by atoms with Gasteiger partial charge in [-0.05, 0) is 25.5 Å². The molecule has 1 amide bonds. The predicted octanol–water partition coefficient (Wildman–Crippen LogP) is 0.324. The molecule has 16 heavy (non-hydrogen) atoms. The number of piperidine rings is 1. The van der Waals surface area contributed by atoms with Gasteiger partial charge in [-0.1, -0.05) is 0 Å². The molecule has 1 aromatic rings. The van der Waals surface area contributed by atoms with E-state index in [4.69, 9.17) is 0 Å². The van der Waals surface area contributed by atoms with E-state index in [1.54, 1.807) is 24.0 Å². The zero-order valence-corrected chi connectivity index (χ0v) is 10.1. The summed E-state index contributed by atoms with van der Waals surface area (Å²) in [6, 6.07) is 1.98. The normalized spacial score (nSPS) is 19.9. The molecule has 0 aliphatic carbocycles. The summed E-state index contributed by atoms with van der Waals surface area (Å²) in [6.07, 6.45) is 3.81. The molecule has 1 aliphatic rings. The van der Waals surface area contributed by atoms with Gasteiger partial charge in [0.25, 0.3) is 5.91 Å². The number of carbonyl (C=O) groups excluding carboxylic acids is 1. The van der Waals surface area contributed by atoms with Gasteiger partial charge in [0.15, 0.2) is 0 Å². The van der Waals surface area contributed by atoms with Crippen molar-refractivity contribution in [3.8, 4) is 0 Å². The average molecular weight is 245 g/mol. The molecule has 1 aromatic heterocycles. The van der Waals surface area contributed by atoms with Gasteiger partial charge >= 0.3 is 0 Å². The van der Waals surface area contributed by atoms with Crippen LogP contribution in [0.25, 0.3) is 0 Å². The van der Waals surface area contributed by atoms with Crippen LogP contribution in [0.3, 0.4) is 0 Å². The minimum atomic E-state index is -0.0382. The fourth-order valence-corrected chi connectivity index (χ4v) is 1.83. The van der Waals surface area contributed by atoms with E-state index in [1.165, 1.54) is 0 Å². The van der Waals surface area contributed by atoms with Crippen LogP contribution in [0, 0.1) is 0 Å². The highest BCUT2D eigenvalue weighted by Crippen LogP contribution is 2.03. The van der Waals surface area contributed by atoms with Crippen molar-refractivity contribution in [2.75, 3.05) is 13.1 Å². The van der Waals surface area contributed by atoms with Crippen LogP contribution in [0.4, 0.5) is 0 Å². The molecule has 2 rings (SSSR count). The standard InChI is InChI=1S/C10H16N4O.ClH/c1-14-9(4-6-12-14)10(15)13-8-3-2-5-11-7-8;/h4,6,8,11H,2-3,5,7H2,1H3,(H,13,15);1H/t8-;/m1./s1. The fraction of sp³-hybridized carbons (Fsp3) is 0.600. The van der Waals surface area contributed by atoms with Gasteiger partial charge in [-0.15, -0.1) is 12.4 Å². The minimum absolute atomic E-state index is 0. The van der Waals surface area contributed by atoms with Gasteiger partial charge in [0.1, 0.15) is 5.69 Å². The topological polar surface area (TPSA) is 59.0 Å². The van der Waals surface area contributed by atoms with Crippen molar-refractivity contribution < 1.29 is 4.79 Å². The highest BCUT2D eigenvalue weighted by Gasteiger charge is 2.17. The number of amides is 1. The van der Waals surface area contributed by atoms with Crippen molar-refractivity contribution in [2.24, 2.45) is 7.05 Å². The average Bonchev–Trinajstić information content (AvgIpc) is 2.66. The Morgan fingerprint density at radius 2 is 2.50 bits per heavy atom. The van der Waals surface area contributed by atoms with Crippen molar-refractivity contribution in [2.45, 2.75) is 18.9 Å². The summed E-state index contributed by atoms with van der Waals surface area (Å²) >= 11 is 0. The predicted molar refractivity (Wildman–Crippen MR) is 63.8 cm³/mol. The second-order valence-electron chi connectivity index (χ2n) is 3.86. The van der Waals surface area contributed by atoms with Crippen LogP contribution in [0.5, 0.6) is 0 Å². The van der Waals surface area contributed by atoms with Crippen LogP contribution in [0.15, 0.2) is 12.3 Å². The molecule has 6 heteroatoms. The molecule has 5 nitrogen and oxygen atoms in total. The molecule has 1 aliphatic heterocycles. The third-order valence-electron chi connectivity index (χ3n) is 2.69. The van der Waals surface area contributed by atoms with Crippen LogP contribution < -0.4 is 10.6 Å². The summed E-state index contributed by atoms with van der Waals surface area (Å²) in [5.41, 5.74) is 0.612. The van der Waals surface area contributed by atoms with E-state index >= 15 is 0 Å². The van der Waals surface area contributed by atoms with E-state index in [0.717, 1.165) is 25.9 Å². The lowest BCUT2D eigenvalue weighted by Crippen LogP contribution is -2.46. The fourth-order valence-electron chi connectivity index (χ4n) is 1.83. The number of nitrogens with zero attached hydrogens (tertiary/aromatic N) is 2. The summed E-state index contributed by atoms with van der Waals surface area (Å²) in [5.74, 6) is -0.0382. The van der Waals surface area contributed by atoms with Crippen molar-refractivity contribution in [1.82, 2.24) is 20.4 Å². The molecule has 0 radical (unpaired) electrons. The third-order valence-corrected chi connectivity index (χ3v) is 2.69. The Balaban J connectivity index is 0.00000128. The lowest BCUT2D eigenvalue weighted by Gasteiger charge is -2.23. The van der Waals surface area contributed by atoms with Crippen LogP contribution in [-0.2, 0) is 7.05 Å². The van der Waals surface area contributed by atoms with Gasteiger partial charge in [-0.25, -0.2) is 0 Å². The first-order valence-corrected chi connectivity index (χ1v) is 5.27. The van der Waals surface area contributed by atoms with Crippen molar-refractivity contribution >= 4 is 18.3 Å². The minimum Gasteiger partial charge on any atom is -0.347 e. The van der Waals surface area contributed by atoms with Crippen molar-refractivity contribution in [3.05, 3.63) is 18.0 Å². The lowest BCUT2D eigenvalue weighted by molar-refractivity contribution is 0.0921. The second kappa shape index (κ2) is 5.86. The Morgan fingerprint density at radius 3 is 3.06 bits per heavy atom. The SMILES string of the molecule is Cl.Cn1nccc1C(=O)N[C@@H]1CCCNC1. The van der Waals surface area contributed by atoms with Crippen LogP contribution in [0.1, 0.15) is 23.3 Å². The lowest BCUT2D eigenvalue weighted by atomic mass is 10.1. The molecular formula is C10H17ClN4O. The molecule has 0 spiro atoms. The molecule has 0 saturated carbocycles. The maximum Gasteiger partial charge on any atom is 0.269 e. The highest BCUT2D eigenvalue weighted by molar-refractivity contribution is 5.92. The second-order valence-corrected chi connectivity index (χ2v) is 3.86. The molecule has 1 saturated heterocycles. The molecule has 90 valence electrons. The Labute approximate surface area is 101 Å². The van der Waals surface area contributed by atoms with Crippen molar-refractivity contribution in [1.29, 1.82) is 0 Å². The maximum atomic E-state index is 11.8. The van der Waals surface area contributed by atoms with Gasteiger partial charge in [0, 0.05) is 25.8 Å². The van der Waals surface area contributed by atoms with Crippen LogP contribution in [-0.4, -0.2) is 34.8 Å². The number of halogens is 1. The molecular weight excluding hydrogens is 228 g/mol. The van der Waals surface area contributed by atoms with E-state index in [-0.39, 0.29) is 24.4 Å². The zero-order valence-electron chi connectivity index (χ0n) is 9.27. The van der Waals surface area contributed by atoms with Gasteiger partial charge in [0.05, 0.1) is 0 Å². The number of rotatable bonds is 2. The number of aromatic nitrogens is 2. The largest absolute Gasteiger partial charge is 0.347 e. The number of nitrogens with one attached hydrogen (secondary N) is 2. The van der Waals surface area contributed by atoms with Crippen molar-refractivity contribution in [3.63, 3.8) is 0 Å². The molecule has 1 atom stereocenters. The third kappa shape index (κ3) is 2.96. The molecule has 0 aromatic carbocycles. The Bertz CT molecular complexity index is 346.